The van der Waals surface area contributed by atoms with E-state index in [1.807, 2.05) is 6.07 Å². The maximum Gasteiger partial charge on any atom is 0.151 e. The average molecular weight is 341 g/mol. The van der Waals surface area contributed by atoms with Crippen molar-refractivity contribution >= 4 is 32.6 Å². The van der Waals surface area contributed by atoms with E-state index in [9.17, 15) is 4.55 Å². The fourth-order valence-corrected chi connectivity index (χ4v) is 3.82. The van der Waals surface area contributed by atoms with Gasteiger partial charge >= 0.3 is 0 Å². The first-order chi connectivity index (χ1) is 9.17. The van der Waals surface area contributed by atoms with Crippen LogP contribution in [0, 0.1) is 17.2 Å². The van der Waals surface area contributed by atoms with Crippen LogP contribution in [0.1, 0.15) is 5.56 Å². The Kier molecular flexibility index (Phi) is 3.39. The summed E-state index contributed by atoms with van der Waals surface area (Å²) >= 11 is 3.04. The van der Waals surface area contributed by atoms with Crippen LogP contribution in [-0.2, 0) is 11.2 Å². The smallest absolute Gasteiger partial charge is 0.151 e. The van der Waals surface area contributed by atoms with Crippen molar-refractivity contribution in [2.75, 3.05) is 18.1 Å². The maximum absolute atomic E-state index is 9.25. The first-order valence-electron chi connectivity index (χ1n) is 5.73. The summed E-state index contributed by atoms with van der Waals surface area (Å²) in [6, 6.07) is 3.95. The summed E-state index contributed by atoms with van der Waals surface area (Å²) in [5, 5.41) is 13.1. The minimum atomic E-state index is -0.397. The van der Waals surface area contributed by atoms with Gasteiger partial charge in [0.1, 0.15) is 29.6 Å². The Balaban J connectivity index is 1.80. The van der Waals surface area contributed by atoms with Crippen LogP contribution in [0.25, 0.3) is 5.52 Å². The summed E-state index contributed by atoms with van der Waals surface area (Å²) in [5.74, 6) is 2.82. The van der Waals surface area contributed by atoms with E-state index in [4.69, 9.17) is 10.00 Å². The molecular weight excluding hydrogens is 330 g/mol. The second kappa shape index (κ2) is 5.04. The Bertz CT molecular complexity index is 661. The number of hydrogen-bond donors (Lipinski definition) is 1. The van der Waals surface area contributed by atoms with Crippen molar-refractivity contribution in [3.63, 3.8) is 0 Å². The molecule has 3 heterocycles. The molecule has 1 N–H and O–H groups in total. The van der Waals surface area contributed by atoms with Crippen molar-refractivity contribution in [1.82, 2.24) is 9.61 Å². The predicted octanol–water partition coefficient (Wildman–Crippen LogP) is 2.07. The van der Waals surface area contributed by atoms with Gasteiger partial charge in [0.25, 0.3) is 0 Å². The Morgan fingerprint density at radius 1 is 1.63 bits per heavy atom. The van der Waals surface area contributed by atoms with Crippen molar-refractivity contribution in [2.45, 2.75) is 0 Å². The monoisotopic (exact) mass is 340 g/mol. The Morgan fingerprint density at radius 3 is 3.11 bits per heavy atom. The number of hydrogen-bond acceptors (Lipinski definition) is 4. The van der Waals surface area contributed by atoms with Gasteiger partial charge in [-0.2, -0.15) is 14.9 Å². The number of halogens is 1. The third kappa shape index (κ3) is 2.43. The first kappa shape index (κ1) is 12.8. The van der Waals surface area contributed by atoms with Gasteiger partial charge < -0.3 is 4.74 Å². The van der Waals surface area contributed by atoms with Crippen LogP contribution in [-0.4, -0.2) is 32.3 Å². The number of rotatable bonds is 3. The third-order valence-corrected chi connectivity index (χ3v) is 5.32. The van der Waals surface area contributed by atoms with E-state index in [0.29, 0.717) is 23.8 Å². The van der Waals surface area contributed by atoms with Gasteiger partial charge in [-0.05, 0) is 22.0 Å². The lowest BCUT2D eigenvalue weighted by molar-refractivity contribution is 0.263. The van der Waals surface area contributed by atoms with Crippen molar-refractivity contribution in [1.29, 1.82) is 5.26 Å². The minimum Gasteiger partial charge on any atom is -0.491 e. The molecule has 2 aromatic heterocycles. The van der Waals surface area contributed by atoms with Gasteiger partial charge in [-0.25, -0.2) is 4.52 Å². The molecule has 0 spiro atoms. The molecule has 7 heteroatoms. The van der Waals surface area contributed by atoms with Crippen LogP contribution < -0.4 is 4.74 Å². The maximum atomic E-state index is 9.25. The average Bonchev–Trinajstić information content (AvgIpc) is 2.76. The first-order valence-corrected chi connectivity index (χ1v) is 8.05. The zero-order valence-corrected chi connectivity index (χ0v) is 12.3. The minimum absolute atomic E-state index is 0.397. The van der Waals surface area contributed by atoms with Crippen LogP contribution >= 0.6 is 15.9 Å². The number of nitriles is 1. The summed E-state index contributed by atoms with van der Waals surface area (Å²) in [5.41, 5.74) is 1.28. The molecule has 1 aliphatic heterocycles. The number of aromatic nitrogens is 2. The van der Waals surface area contributed by atoms with Crippen molar-refractivity contribution in [3.05, 3.63) is 28.5 Å². The second-order valence-electron chi connectivity index (χ2n) is 4.46. The fraction of sp³-hybridized carbons (Fsp3) is 0.333. The molecule has 0 bridgehead atoms. The second-order valence-corrected chi connectivity index (χ2v) is 6.91. The summed E-state index contributed by atoms with van der Waals surface area (Å²) < 4.78 is 17.4. The van der Waals surface area contributed by atoms with E-state index in [2.05, 4.69) is 27.1 Å². The van der Waals surface area contributed by atoms with Gasteiger partial charge in [0.15, 0.2) is 11.5 Å². The third-order valence-electron chi connectivity index (χ3n) is 3.00. The highest BCUT2D eigenvalue weighted by molar-refractivity contribution is 9.10. The van der Waals surface area contributed by atoms with E-state index in [0.717, 1.165) is 21.5 Å². The highest BCUT2D eigenvalue weighted by atomic mass is 79.9. The Morgan fingerprint density at radius 2 is 2.42 bits per heavy atom. The van der Waals surface area contributed by atoms with E-state index >= 15 is 0 Å². The van der Waals surface area contributed by atoms with Gasteiger partial charge in [0.2, 0.25) is 0 Å². The van der Waals surface area contributed by atoms with E-state index in [-0.39, 0.29) is 0 Å². The topological polar surface area (TPSA) is 70.6 Å². The lowest BCUT2D eigenvalue weighted by Gasteiger charge is -2.21. The molecule has 0 unspecified atom stereocenters. The Labute approximate surface area is 121 Å². The normalized spacial score (nSPS) is 21.9. The van der Waals surface area contributed by atoms with Gasteiger partial charge in [0, 0.05) is 4.47 Å². The van der Waals surface area contributed by atoms with Crippen LogP contribution in [0.5, 0.6) is 5.75 Å². The number of ether oxygens (including phenoxy) is 1. The number of fused-ring (bicyclic) bond motifs is 1. The molecular formula is C12H11BrN3O2S+. The molecule has 1 aliphatic rings. The van der Waals surface area contributed by atoms with Gasteiger partial charge in [-0.15, -0.1) is 0 Å². The zero-order valence-electron chi connectivity index (χ0n) is 9.91. The van der Waals surface area contributed by atoms with Crippen molar-refractivity contribution < 1.29 is 9.29 Å². The van der Waals surface area contributed by atoms with E-state index in [1.54, 1.807) is 10.7 Å². The molecule has 1 fully saturated rings. The molecule has 0 atom stereocenters. The van der Waals surface area contributed by atoms with Crippen LogP contribution in [0.3, 0.4) is 0 Å². The summed E-state index contributed by atoms with van der Waals surface area (Å²) in [6.07, 6.45) is 3.30. The standard InChI is InChI=1S/C12H11BrN3O2S/c13-11-1-10(18-5-8-6-19(17)7-8)4-16-12(11)9(2-14)3-15-16/h1,3-4,8,17H,5-7H2/q+1. The van der Waals surface area contributed by atoms with E-state index in [1.165, 1.54) is 6.20 Å². The van der Waals surface area contributed by atoms with Crippen molar-refractivity contribution in [3.8, 4) is 11.8 Å². The van der Waals surface area contributed by atoms with Gasteiger partial charge in [0.05, 0.1) is 29.4 Å². The molecule has 0 radical (unpaired) electrons. The molecule has 98 valence electrons. The van der Waals surface area contributed by atoms with Crippen molar-refractivity contribution in [2.24, 2.45) is 5.92 Å². The molecule has 2 aromatic rings. The molecule has 0 amide bonds. The van der Waals surface area contributed by atoms with Crippen LogP contribution in [0.15, 0.2) is 22.9 Å². The summed E-state index contributed by atoms with van der Waals surface area (Å²) in [7, 11) is 0. The molecule has 0 saturated carbocycles. The molecule has 0 aliphatic carbocycles. The fourth-order valence-electron chi connectivity index (χ4n) is 2.02. The SMILES string of the molecule is N#Cc1cnn2cc(OCC3C[S+](O)C3)cc(Br)c12. The molecule has 5 nitrogen and oxygen atoms in total. The highest BCUT2D eigenvalue weighted by Gasteiger charge is 2.38. The van der Waals surface area contributed by atoms with Gasteiger partial charge in [-0.3, -0.25) is 0 Å². The highest BCUT2D eigenvalue weighted by Crippen LogP contribution is 2.27. The molecule has 0 aromatic carbocycles. The largest absolute Gasteiger partial charge is 0.491 e. The Hall–Kier alpha value is -1.23. The quantitative estimate of drug-likeness (QED) is 0.868. The zero-order chi connectivity index (χ0) is 13.4. The molecule has 1 saturated heterocycles. The summed E-state index contributed by atoms with van der Waals surface area (Å²) in [6.45, 7) is 0.606. The van der Waals surface area contributed by atoms with E-state index < -0.39 is 11.2 Å². The van der Waals surface area contributed by atoms with Crippen LogP contribution in [0.4, 0.5) is 0 Å². The lowest BCUT2D eigenvalue weighted by atomic mass is 10.2. The number of pyridine rings is 1. The summed E-state index contributed by atoms with van der Waals surface area (Å²) in [4.78, 5) is 0. The molecule has 19 heavy (non-hydrogen) atoms. The number of nitrogens with zero attached hydrogens (tertiary/aromatic N) is 3. The predicted molar refractivity (Wildman–Crippen MR) is 76.3 cm³/mol. The molecule has 3 rings (SSSR count). The lowest BCUT2D eigenvalue weighted by Crippen LogP contribution is -2.39. The van der Waals surface area contributed by atoms with Crippen LogP contribution in [0.2, 0.25) is 0 Å². The van der Waals surface area contributed by atoms with Gasteiger partial charge in [-0.1, -0.05) is 0 Å².